The average Bonchev–Trinajstić information content (AvgIpc) is 2.04. The summed E-state index contributed by atoms with van der Waals surface area (Å²) in [6, 6.07) is 3.96. The quantitative estimate of drug-likeness (QED) is 0.662. The standard InChI is InChI=1S/C10H14N2/c1-8(2)9-6-5-7-11-10(9)12(3)4/h5-7H,1H2,2-4H3. The fourth-order valence-electron chi connectivity index (χ4n) is 1.09. The van der Waals surface area contributed by atoms with E-state index in [2.05, 4.69) is 11.6 Å². The highest BCUT2D eigenvalue weighted by Crippen LogP contribution is 2.20. The largest absolute Gasteiger partial charge is 0.362 e. The van der Waals surface area contributed by atoms with E-state index in [9.17, 15) is 0 Å². The second kappa shape index (κ2) is 3.39. The van der Waals surface area contributed by atoms with E-state index in [1.807, 2.05) is 38.1 Å². The SMILES string of the molecule is C=C(C)c1cccnc1N(C)C. The van der Waals surface area contributed by atoms with Crippen molar-refractivity contribution in [3.63, 3.8) is 0 Å². The molecule has 1 heterocycles. The number of nitrogens with zero attached hydrogens (tertiary/aromatic N) is 2. The summed E-state index contributed by atoms with van der Waals surface area (Å²) in [5.74, 6) is 0.977. The van der Waals surface area contributed by atoms with Gasteiger partial charge in [0.15, 0.2) is 0 Å². The molecule has 1 rings (SSSR count). The lowest BCUT2D eigenvalue weighted by Crippen LogP contribution is -2.12. The van der Waals surface area contributed by atoms with Crippen LogP contribution in [0, 0.1) is 0 Å². The molecule has 0 aliphatic heterocycles. The Morgan fingerprint density at radius 1 is 1.50 bits per heavy atom. The molecule has 0 saturated carbocycles. The van der Waals surface area contributed by atoms with Crippen LogP contribution in [-0.2, 0) is 0 Å². The molecule has 0 bridgehead atoms. The molecule has 2 nitrogen and oxygen atoms in total. The smallest absolute Gasteiger partial charge is 0.135 e. The van der Waals surface area contributed by atoms with Crippen LogP contribution < -0.4 is 4.90 Å². The van der Waals surface area contributed by atoms with Crippen molar-refractivity contribution in [1.29, 1.82) is 0 Å². The second-order valence-electron chi connectivity index (χ2n) is 3.05. The monoisotopic (exact) mass is 162 g/mol. The predicted molar refractivity (Wildman–Crippen MR) is 53.3 cm³/mol. The van der Waals surface area contributed by atoms with E-state index < -0.39 is 0 Å². The van der Waals surface area contributed by atoms with Crippen LogP contribution in [0.1, 0.15) is 12.5 Å². The maximum absolute atomic E-state index is 4.26. The summed E-state index contributed by atoms with van der Waals surface area (Å²) in [5.41, 5.74) is 2.16. The molecule has 0 aliphatic carbocycles. The van der Waals surface area contributed by atoms with Gasteiger partial charge in [0.2, 0.25) is 0 Å². The summed E-state index contributed by atoms with van der Waals surface area (Å²) in [7, 11) is 3.96. The molecule has 0 saturated heterocycles. The van der Waals surface area contributed by atoms with Gasteiger partial charge in [-0.2, -0.15) is 0 Å². The van der Waals surface area contributed by atoms with Gasteiger partial charge < -0.3 is 4.90 Å². The average molecular weight is 162 g/mol. The Morgan fingerprint density at radius 2 is 2.17 bits per heavy atom. The van der Waals surface area contributed by atoms with E-state index in [0.29, 0.717) is 0 Å². The van der Waals surface area contributed by atoms with Gasteiger partial charge in [-0.05, 0) is 24.6 Å². The first-order valence-electron chi connectivity index (χ1n) is 3.91. The Bertz CT molecular complexity index is 290. The minimum absolute atomic E-state index is 0.977. The van der Waals surface area contributed by atoms with Crippen LogP contribution >= 0.6 is 0 Å². The van der Waals surface area contributed by atoms with Crippen molar-refractivity contribution < 1.29 is 0 Å². The van der Waals surface area contributed by atoms with Crippen molar-refractivity contribution in [3.05, 3.63) is 30.5 Å². The molecule has 0 aliphatic rings. The van der Waals surface area contributed by atoms with Gasteiger partial charge in [0, 0.05) is 25.9 Å². The van der Waals surface area contributed by atoms with E-state index in [-0.39, 0.29) is 0 Å². The number of rotatable bonds is 2. The first-order valence-corrected chi connectivity index (χ1v) is 3.91. The molecule has 12 heavy (non-hydrogen) atoms. The number of allylic oxidation sites excluding steroid dienone is 1. The van der Waals surface area contributed by atoms with Crippen molar-refractivity contribution in [2.45, 2.75) is 6.92 Å². The number of hydrogen-bond donors (Lipinski definition) is 0. The van der Waals surface area contributed by atoms with Crippen molar-refractivity contribution in [3.8, 4) is 0 Å². The van der Waals surface area contributed by atoms with Crippen LogP contribution in [0.5, 0.6) is 0 Å². The number of anilines is 1. The van der Waals surface area contributed by atoms with Crippen LogP contribution in [0.15, 0.2) is 24.9 Å². The van der Waals surface area contributed by atoms with Crippen molar-refractivity contribution in [2.75, 3.05) is 19.0 Å². The summed E-state index contributed by atoms with van der Waals surface area (Å²) in [6.45, 7) is 5.89. The first kappa shape index (κ1) is 8.78. The molecule has 0 spiro atoms. The lowest BCUT2D eigenvalue weighted by atomic mass is 10.1. The lowest BCUT2D eigenvalue weighted by Gasteiger charge is -2.15. The third kappa shape index (κ3) is 1.64. The maximum Gasteiger partial charge on any atom is 0.135 e. The molecular formula is C10H14N2. The highest BCUT2D eigenvalue weighted by molar-refractivity contribution is 5.71. The van der Waals surface area contributed by atoms with Crippen LogP contribution in [0.25, 0.3) is 5.57 Å². The molecule has 1 aromatic heterocycles. The summed E-state index contributed by atoms with van der Waals surface area (Å²) in [6.07, 6.45) is 1.79. The zero-order valence-corrected chi connectivity index (χ0v) is 7.83. The van der Waals surface area contributed by atoms with Crippen LogP contribution in [0.4, 0.5) is 5.82 Å². The van der Waals surface area contributed by atoms with E-state index >= 15 is 0 Å². The molecule has 0 aromatic carbocycles. The van der Waals surface area contributed by atoms with Crippen molar-refractivity contribution >= 4 is 11.4 Å². The zero-order valence-electron chi connectivity index (χ0n) is 7.83. The lowest BCUT2D eigenvalue weighted by molar-refractivity contribution is 1.06. The first-order chi connectivity index (χ1) is 5.63. The molecule has 1 aromatic rings. The van der Waals surface area contributed by atoms with E-state index in [1.54, 1.807) is 6.20 Å². The van der Waals surface area contributed by atoms with Gasteiger partial charge >= 0.3 is 0 Å². The van der Waals surface area contributed by atoms with Crippen LogP contribution in [0.2, 0.25) is 0 Å². The fraction of sp³-hybridized carbons (Fsp3) is 0.300. The molecule has 0 unspecified atom stereocenters. The molecule has 0 fully saturated rings. The normalized spacial score (nSPS) is 9.58. The van der Waals surface area contributed by atoms with Gasteiger partial charge in [-0.25, -0.2) is 4.98 Å². The van der Waals surface area contributed by atoms with Gasteiger partial charge in [0.05, 0.1) is 0 Å². The van der Waals surface area contributed by atoms with E-state index in [1.165, 1.54) is 0 Å². The molecular weight excluding hydrogens is 148 g/mol. The molecule has 2 heteroatoms. The topological polar surface area (TPSA) is 16.1 Å². The van der Waals surface area contributed by atoms with Gasteiger partial charge in [0.25, 0.3) is 0 Å². The maximum atomic E-state index is 4.26. The Kier molecular flexibility index (Phi) is 2.48. The van der Waals surface area contributed by atoms with Crippen LogP contribution in [-0.4, -0.2) is 19.1 Å². The highest BCUT2D eigenvalue weighted by Gasteiger charge is 2.04. The second-order valence-corrected chi connectivity index (χ2v) is 3.05. The molecule has 0 amide bonds. The highest BCUT2D eigenvalue weighted by atomic mass is 15.1. The fourth-order valence-corrected chi connectivity index (χ4v) is 1.09. The number of hydrogen-bond acceptors (Lipinski definition) is 2. The summed E-state index contributed by atoms with van der Waals surface area (Å²) < 4.78 is 0. The minimum Gasteiger partial charge on any atom is -0.362 e. The predicted octanol–water partition coefficient (Wildman–Crippen LogP) is 2.18. The van der Waals surface area contributed by atoms with Gasteiger partial charge in [-0.15, -0.1) is 0 Å². The van der Waals surface area contributed by atoms with Crippen molar-refractivity contribution in [1.82, 2.24) is 4.98 Å². The molecule has 0 radical (unpaired) electrons. The molecule has 0 N–H and O–H groups in total. The van der Waals surface area contributed by atoms with E-state index in [0.717, 1.165) is 17.0 Å². The third-order valence-corrected chi connectivity index (χ3v) is 1.67. The summed E-state index contributed by atoms with van der Waals surface area (Å²) in [5, 5.41) is 0. The number of pyridine rings is 1. The van der Waals surface area contributed by atoms with Crippen molar-refractivity contribution in [2.24, 2.45) is 0 Å². The van der Waals surface area contributed by atoms with Gasteiger partial charge in [-0.3, -0.25) is 0 Å². The summed E-state index contributed by atoms with van der Waals surface area (Å²) in [4.78, 5) is 6.25. The number of aromatic nitrogens is 1. The Balaban J connectivity index is 3.17. The zero-order chi connectivity index (χ0) is 9.14. The minimum atomic E-state index is 0.977. The Labute approximate surface area is 73.5 Å². The van der Waals surface area contributed by atoms with Crippen LogP contribution in [0.3, 0.4) is 0 Å². The Hall–Kier alpha value is -1.31. The summed E-state index contributed by atoms with van der Waals surface area (Å²) >= 11 is 0. The molecule has 0 atom stereocenters. The Morgan fingerprint density at radius 3 is 2.58 bits per heavy atom. The van der Waals surface area contributed by atoms with E-state index in [4.69, 9.17) is 0 Å². The third-order valence-electron chi connectivity index (χ3n) is 1.67. The molecule has 64 valence electrons. The van der Waals surface area contributed by atoms with Gasteiger partial charge in [0.1, 0.15) is 5.82 Å². The van der Waals surface area contributed by atoms with Gasteiger partial charge in [-0.1, -0.05) is 6.58 Å².